The molecule has 0 saturated carbocycles. The highest BCUT2D eigenvalue weighted by molar-refractivity contribution is 7.98. The maximum Gasteiger partial charge on any atom is 0.188 e. The molecule has 0 saturated heterocycles. The first-order valence-electron chi connectivity index (χ1n) is 4.40. The molecule has 0 spiro atoms. The highest BCUT2D eigenvalue weighted by atomic mass is 35.5. The van der Waals surface area contributed by atoms with E-state index in [9.17, 15) is 0 Å². The molecule has 1 aliphatic rings. The minimum absolute atomic E-state index is 0.661. The number of aromatic nitrogens is 2. The van der Waals surface area contributed by atoms with Gasteiger partial charge in [0.15, 0.2) is 5.16 Å². The first kappa shape index (κ1) is 9.28. The van der Waals surface area contributed by atoms with Crippen LogP contribution in [0.5, 0.6) is 0 Å². The van der Waals surface area contributed by atoms with Crippen LogP contribution in [0.4, 0.5) is 0 Å². The molecule has 0 aromatic carbocycles. The molecule has 0 atom stereocenters. The Morgan fingerprint density at radius 2 is 2.00 bits per heavy atom. The summed E-state index contributed by atoms with van der Waals surface area (Å²) in [4.78, 5) is 8.68. The lowest BCUT2D eigenvalue weighted by molar-refractivity contribution is 0.649. The van der Waals surface area contributed by atoms with Gasteiger partial charge in [0.1, 0.15) is 5.15 Å². The van der Waals surface area contributed by atoms with Crippen molar-refractivity contribution in [1.82, 2.24) is 9.97 Å². The van der Waals surface area contributed by atoms with Crippen molar-refractivity contribution in [3.05, 3.63) is 16.4 Å². The zero-order chi connectivity index (χ0) is 9.26. The van der Waals surface area contributed by atoms with Crippen LogP contribution in [-0.2, 0) is 12.8 Å². The molecule has 1 aliphatic carbocycles. The molecule has 0 unspecified atom stereocenters. The first-order valence-corrected chi connectivity index (χ1v) is 6.01. The maximum atomic E-state index is 6.06. The van der Waals surface area contributed by atoms with E-state index in [1.807, 2.05) is 6.26 Å². The van der Waals surface area contributed by atoms with Crippen molar-refractivity contribution in [2.24, 2.45) is 0 Å². The van der Waals surface area contributed by atoms with E-state index >= 15 is 0 Å². The standard InChI is InChI=1S/C9H11ClN2S/c1-13-9-11-7-5-3-2-4-6(7)8(10)12-9/h2-5H2,1H3. The fourth-order valence-corrected chi connectivity index (χ4v) is 2.34. The summed E-state index contributed by atoms with van der Waals surface area (Å²) in [6.45, 7) is 0. The Hall–Kier alpha value is -0.280. The Morgan fingerprint density at radius 1 is 1.23 bits per heavy atom. The van der Waals surface area contributed by atoms with Crippen molar-refractivity contribution in [2.45, 2.75) is 30.8 Å². The summed E-state index contributed by atoms with van der Waals surface area (Å²) < 4.78 is 0. The van der Waals surface area contributed by atoms with Crippen LogP contribution in [-0.4, -0.2) is 16.2 Å². The number of fused-ring (bicyclic) bond motifs is 1. The summed E-state index contributed by atoms with van der Waals surface area (Å²) in [5.41, 5.74) is 2.33. The van der Waals surface area contributed by atoms with Gasteiger partial charge in [-0.05, 0) is 31.9 Å². The number of rotatable bonds is 1. The van der Waals surface area contributed by atoms with Crippen molar-refractivity contribution >= 4 is 23.4 Å². The zero-order valence-electron chi connectivity index (χ0n) is 7.51. The minimum atomic E-state index is 0.661. The lowest BCUT2D eigenvalue weighted by atomic mass is 9.98. The zero-order valence-corrected chi connectivity index (χ0v) is 9.08. The van der Waals surface area contributed by atoms with Crippen LogP contribution in [0.1, 0.15) is 24.1 Å². The van der Waals surface area contributed by atoms with Gasteiger partial charge in [0.2, 0.25) is 0 Å². The van der Waals surface area contributed by atoms with Crippen LogP contribution in [0.15, 0.2) is 5.16 Å². The number of halogens is 1. The number of thioether (sulfide) groups is 1. The monoisotopic (exact) mass is 214 g/mol. The van der Waals surface area contributed by atoms with Crippen LogP contribution in [0.25, 0.3) is 0 Å². The number of nitrogens with zero attached hydrogens (tertiary/aromatic N) is 2. The van der Waals surface area contributed by atoms with Crippen LogP contribution in [0, 0.1) is 0 Å². The van der Waals surface area contributed by atoms with Gasteiger partial charge in [0, 0.05) is 11.3 Å². The second kappa shape index (κ2) is 3.84. The fourth-order valence-electron chi connectivity index (χ4n) is 1.62. The first-order chi connectivity index (χ1) is 6.31. The molecule has 1 aromatic heterocycles. The van der Waals surface area contributed by atoms with E-state index < -0.39 is 0 Å². The molecule has 13 heavy (non-hydrogen) atoms. The molecule has 1 aromatic rings. The van der Waals surface area contributed by atoms with Gasteiger partial charge in [-0.2, -0.15) is 0 Å². The molecule has 2 rings (SSSR count). The molecule has 1 heterocycles. The smallest absolute Gasteiger partial charge is 0.188 e. The summed E-state index contributed by atoms with van der Waals surface area (Å²) in [5, 5.41) is 1.46. The lowest BCUT2D eigenvalue weighted by Gasteiger charge is -2.15. The van der Waals surface area contributed by atoms with E-state index in [1.165, 1.54) is 18.4 Å². The molecule has 0 N–H and O–H groups in total. The normalized spacial score (nSPS) is 15.5. The third-order valence-electron chi connectivity index (χ3n) is 2.29. The third-order valence-corrected chi connectivity index (χ3v) is 3.16. The van der Waals surface area contributed by atoms with E-state index in [2.05, 4.69) is 9.97 Å². The van der Waals surface area contributed by atoms with Crippen LogP contribution in [0.3, 0.4) is 0 Å². The predicted molar refractivity (Wildman–Crippen MR) is 55.5 cm³/mol. The second-order valence-electron chi connectivity index (χ2n) is 3.13. The van der Waals surface area contributed by atoms with E-state index in [-0.39, 0.29) is 0 Å². The molecular weight excluding hydrogens is 204 g/mol. The van der Waals surface area contributed by atoms with E-state index in [0.29, 0.717) is 5.15 Å². The minimum Gasteiger partial charge on any atom is -0.227 e. The molecule has 0 radical (unpaired) electrons. The van der Waals surface area contributed by atoms with E-state index in [0.717, 1.165) is 23.7 Å². The quantitative estimate of drug-likeness (QED) is 0.409. The van der Waals surface area contributed by atoms with Gasteiger partial charge in [-0.15, -0.1) is 0 Å². The molecule has 0 aliphatic heterocycles. The van der Waals surface area contributed by atoms with Gasteiger partial charge < -0.3 is 0 Å². The third kappa shape index (κ3) is 1.81. The predicted octanol–water partition coefficient (Wildman–Crippen LogP) is 2.73. The summed E-state index contributed by atoms with van der Waals surface area (Å²) in [7, 11) is 0. The molecule has 0 amide bonds. The molecule has 0 bridgehead atoms. The fraction of sp³-hybridized carbons (Fsp3) is 0.556. The van der Waals surface area contributed by atoms with Gasteiger partial charge in [0.25, 0.3) is 0 Å². The number of hydrogen-bond acceptors (Lipinski definition) is 3. The molecule has 4 heteroatoms. The summed E-state index contributed by atoms with van der Waals surface area (Å²) in [5.74, 6) is 0. The Kier molecular flexibility index (Phi) is 2.74. The van der Waals surface area contributed by atoms with Crippen molar-refractivity contribution in [3.63, 3.8) is 0 Å². The molecule has 0 fully saturated rings. The Bertz CT molecular complexity index is 328. The number of hydrogen-bond donors (Lipinski definition) is 0. The average molecular weight is 215 g/mol. The molecule has 2 nitrogen and oxygen atoms in total. The highest BCUT2D eigenvalue weighted by Gasteiger charge is 2.15. The van der Waals surface area contributed by atoms with E-state index in [4.69, 9.17) is 11.6 Å². The molecular formula is C9H11ClN2S. The second-order valence-corrected chi connectivity index (χ2v) is 4.26. The summed E-state index contributed by atoms with van der Waals surface area (Å²) in [6, 6.07) is 0. The van der Waals surface area contributed by atoms with Gasteiger partial charge in [-0.3, -0.25) is 0 Å². The Labute approximate surface area is 87.1 Å². The topological polar surface area (TPSA) is 25.8 Å². The van der Waals surface area contributed by atoms with Gasteiger partial charge in [-0.1, -0.05) is 23.4 Å². The summed E-state index contributed by atoms with van der Waals surface area (Å²) >= 11 is 7.61. The van der Waals surface area contributed by atoms with Crippen LogP contribution >= 0.6 is 23.4 Å². The van der Waals surface area contributed by atoms with Gasteiger partial charge in [0.05, 0.1) is 0 Å². The van der Waals surface area contributed by atoms with Crippen molar-refractivity contribution in [1.29, 1.82) is 0 Å². The summed E-state index contributed by atoms with van der Waals surface area (Å²) in [6.07, 6.45) is 6.53. The van der Waals surface area contributed by atoms with Gasteiger partial charge in [-0.25, -0.2) is 9.97 Å². The molecule has 70 valence electrons. The average Bonchev–Trinajstić information content (AvgIpc) is 2.18. The van der Waals surface area contributed by atoms with E-state index in [1.54, 1.807) is 11.8 Å². The van der Waals surface area contributed by atoms with Crippen LogP contribution in [0.2, 0.25) is 5.15 Å². The lowest BCUT2D eigenvalue weighted by Crippen LogP contribution is -2.08. The van der Waals surface area contributed by atoms with Gasteiger partial charge >= 0.3 is 0 Å². The Morgan fingerprint density at radius 3 is 2.77 bits per heavy atom. The Balaban J connectivity index is 2.47. The SMILES string of the molecule is CSc1nc(Cl)c2c(n1)CCCC2. The largest absolute Gasteiger partial charge is 0.227 e. The van der Waals surface area contributed by atoms with Crippen molar-refractivity contribution in [2.75, 3.05) is 6.26 Å². The van der Waals surface area contributed by atoms with Crippen molar-refractivity contribution in [3.8, 4) is 0 Å². The van der Waals surface area contributed by atoms with Crippen LogP contribution < -0.4 is 0 Å². The number of aryl methyl sites for hydroxylation is 1. The van der Waals surface area contributed by atoms with Crippen molar-refractivity contribution < 1.29 is 0 Å². The maximum absolute atomic E-state index is 6.06. The highest BCUT2D eigenvalue weighted by Crippen LogP contribution is 2.26.